The highest BCUT2D eigenvalue weighted by atomic mass is 32.1. The smallest absolute Gasteiger partial charge is 0.158 e. The summed E-state index contributed by atoms with van der Waals surface area (Å²) in [6.07, 6.45) is 5.90. The van der Waals surface area contributed by atoms with Gasteiger partial charge in [0.1, 0.15) is 16.2 Å². The molecule has 0 saturated heterocycles. The van der Waals surface area contributed by atoms with Crippen molar-refractivity contribution < 1.29 is 0 Å². The fourth-order valence-corrected chi connectivity index (χ4v) is 3.85. The molecule has 4 rings (SSSR count). The van der Waals surface area contributed by atoms with Crippen molar-refractivity contribution in [2.75, 3.05) is 5.43 Å². The Hall–Kier alpha value is -2.64. The van der Waals surface area contributed by atoms with Gasteiger partial charge in [-0.3, -0.25) is 5.43 Å². The Morgan fingerprint density at radius 2 is 2.04 bits per heavy atom. The van der Waals surface area contributed by atoms with Crippen molar-refractivity contribution in [3.63, 3.8) is 0 Å². The number of hydrazone groups is 1. The monoisotopic (exact) mass is 351 g/mol. The first-order chi connectivity index (χ1) is 11.9. The van der Waals surface area contributed by atoms with Gasteiger partial charge in [0.15, 0.2) is 5.82 Å². The second-order valence-electron chi connectivity index (χ2n) is 5.06. The van der Waals surface area contributed by atoms with Crippen molar-refractivity contribution >= 4 is 44.9 Å². The lowest BCUT2D eigenvalue weighted by Gasteiger charge is -1.99. The molecule has 0 saturated carbocycles. The van der Waals surface area contributed by atoms with Gasteiger partial charge in [-0.05, 0) is 11.6 Å². The number of fused-ring (bicyclic) bond motifs is 1. The predicted molar refractivity (Wildman–Crippen MR) is 100.0 cm³/mol. The van der Waals surface area contributed by atoms with Crippen LogP contribution < -0.4 is 5.43 Å². The van der Waals surface area contributed by atoms with Crippen LogP contribution in [-0.4, -0.2) is 21.2 Å². The maximum Gasteiger partial charge on any atom is 0.158 e. The zero-order valence-electron chi connectivity index (χ0n) is 12.6. The summed E-state index contributed by atoms with van der Waals surface area (Å²) in [5.41, 5.74) is 4.28. The summed E-state index contributed by atoms with van der Waals surface area (Å²) < 4.78 is 0. The van der Waals surface area contributed by atoms with Gasteiger partial charge in [0.2, 0.25) is 0 Å². The van der Waals surface area contributed by atoms with Crippen molar-refractivity contribution in [1.82, 2.24) is 15.0 Å². The molecule has 1 aromatic carbocycles. The number of thiophene rings is 1. The van der Waals surface area contributed by atoms with E-state index in [1.165, 1.54) is 21.8 Å². The molecule has 0 aliphatic carbocycles. The molecular formula is C17H13N5S2. The lowest BCUT2D eigenvalue weighted by molar-refractivity contribution is 1.19. The van der Waals surface area contributed by atoms with E-state index in [0.717, 1.165) is 21.6 Å². The average molecular weight is 351 g/mol. The number of aromatic nitrogens is 3. The number of hydrogen-bond acceptors (Lipinski definition) is 7. The van der Waals surface area contributed by atoms with Gasteiger partial charge < -0.3 is 0 Å². The summed E-state index contributed by atoms with van der Waals surface area (Å²) in [5, 5.41) is 7.97. The number of anilines is 1. The van der Waals surface area contributed by atoms with Crippen LogP contribution in [0, 0.1) is 0 Å². The second kappa shape index (κ2) is 6.86. The van der Waals surface area contributed by atoms with E-state index in [1.54, 1.807) is 30.1 Å². The molecule has 118 valence electrons. The first-order valence-electron chi connectivity index (χ1n) is 7.34. The fraction of sp³-hybridized carbons (Fsp3) is 0.0588. The lowest BCUT2D eigenvalue weighted by atomic mass is 10.1. The zero-order chi connectivity index (χ0) is 16.2. The van der Waals surface area contributed by atoms with E-state index in [4.69, 9.17) is 0 Å². The largest absolute Gasteiger partial charge is 0.261 e. The van der Waals surface area contributed by atoms with Gasteiger partial charge in [-0.2, -0.15) is 5.10 Å². The zero-order valence-corrected chi connectivity index (χ0v) is 14.2. The minimum absolute atomic E-state index is 0.711. The van der Waals surface area contributed by atoms with Crippen LogP contribution in [-0.2, 0) is 6.42 Å². The van der Waals surface area contributed by atoms with E-state index in [9.17, 15) is 0 Å². The average Bonchev–Trinajstić information content (AvgIpc) is 3.25. The fourth-order valence-electron chi connectivity index (χ4n) is 2.33. The highest BCUT2D eigenvalue weighted by molar-refractivity contribution is 7.18. The molecule has 0 aliphatic rings. The van der Waals surface area contributed by atoms with Gasteiger partial charge >= 0.3 is 0 Å². The predicted octanol–water partition coefficient (Wildman–Crippen LogP) is 4.18. The summed E-state index contributed by atoms with van der Waals surface area (Å²) in [6, 6.07) is 12.5. The van der Waals surface area contributed by atoms with Gasteiger partial charge in [0.25, 0.3) is 0 Å². The molecule has 0 radical (unpaired) electrons. The lowest BCUT2D eigenvalue weighted by Crippen LogP contribution is -1.94. The summed E-state index contributed by atoms with van der Waals surface area (Å²) in [5.74, 6) is 0.711. The second-order valence-corrected chi connectivity index (χ2v) is 7.10. The summed E-state index contributed by atoms with van der Waals surface area (Å²) >= 11 is 3.22. The molecule has 1 N–H and O–H groups in total. The van der Waals surface area contributed by atoms with Crippen molar-refractivity contribution in [3.8, 4) is 0 Å². The van der Waals surface area contributed by atoms with E-state index < -0.39 is 0 Å². The standard InChI is InChI=1S/C17H13N5S2/c1-2-4-12(5-3-1)8-13-9-14-16(19-11-20-17(14)24-13)22-21-10-15-18-6-7-23-15/h1-7,9-11H,8H2,(H,19,20,22)/b21-10+. The van der Waals surface area contributed by atoms with Gasteiger partial charge in [-0.25, -0.2) is 15.0 Å². The highest BCUT2D eigenvalue weighted by Gasteiger charge is 2.08. The van der Waals surface area contributed by atoms with E-state index in [-0.39, 0.29) is 0 Å². The molecular weight excluding hydrogens is 338 g/mol. The molecule has 0 unspecified atom stereocenters. The van der Waals surface area contributed by atoms with Crippen LogP contribution >= 0.6 is 22.7 Å². The van der Waals surface area contributed by atoms with E-state index in [1.807, 2.05) is 11.4 Å². The molecule has 5 nitrogen and oxygen atoms in total. The van der Waals surface area contributed by atoms with Crippen LogP contribution in [0.5, 0.6) is 0 Å². The normalized spacial score (nSPS) is 11.3. The van der Waals surface area contributed by atoms with Gasteiger partial charge in [-0.15, -0.1) is 22.7 Å². The Balaban J connectivity index is 1.58. The van der Waals surface area contributed by atoms with Gasteiger partial charge in [0, 0.05) is 22.9 Å². The molecule has 0 bridgehead atoms. The molecule has 4 aromatic rings. The van der Waals surface area contributed by atoms with Crippen molar-refractivity contribution in [2.45, 2.75) is 6.42 Å². The van der Waals surface area contributed by atoms with E-state index in [0.29, 0.717) is 5.82 Å². The molecule has 0 aliphatic heterocycles. The molecule has 24 heavy (non-hydrogen) atoms. The molecule has 0 atom stereocenters. The number of thiazole rings is 1. The molecule has 3 aromatic heterocycles. The van der Waals surface area contributed by atoms with Crippen molar-refractivity contribution in [1.29, 1.82) is 0 Å². The third kappa shape index (κ3) is 3.32. The summed E-state index contributed by atoms with van der Waals surface area (Å²) in [7, 11) is 0. The topological polar surface area (TPSA) is 63.1 Å². The number of benzene rings is 1. The minimum atomic E-state index is 0.711. The Kier molecular flexibility index (Phi) is 4.26. The quantitative estimate of drug-likeness (QED) is 0.433. The molecule has 0 amide bonds. The van der Waals surface area contributed by atoms with Crippen LogP contribution in [0.25, 0.3) is 10.2 Å². The minimum Gasteiger partial charge on any atom is -0.261 e. The van der Waals surface area contributed by atoms with E-state index in [2.05, 4.69) is 55.8 Å². The molecule has 3 heterocycles. The van der Waals surface area contributed by atoms with Gasteiger partial charge in [0.05, 0.1) is 11.6 Å². The molecule has 0 fully saturated rings. The number of nitrogens with zero attached hydrogens (tertiary/aromatic N) is 4. The Morgan fingerprint density at radius 1 is 1.12 bits per heavy atom. The van der Waals surface area contributed by atoms with Crippen LogP contribution in [0.3, 0.4) is 0 Å². The van der Waals surface area contributed by atoms with Crippen molar-refractivity contribution in [3.05, 3.63) is 69.8 Å². The first-order valence-corrected chi connectivity index (χ1v) is 9.04. The number of nitrogens with one attached hydrogen (secondary N) is 1. The van der Waals surface area contributed by atoms with Crippen LogP contribution in [0.15, 0.2) is 59.4 Å². The van der Waals surface area contributed by atoms with Gasteiger partial charge in [-0.1, -0.05) is 30.3 Å². The van der Waals surface area contributed by atoms with Crippen LogP contribution in [0.1, 0.15) is 15.4 Å². The third-order valence-corrected chi connectivity index (χ3v) is 5.15. The Morgan fingerprint density at radius 3 is 2.88 bits per heavy atom. The van der Waals surface area contributed by atoms with Crippen LogP contribution in [0.2, 0.25) is 0 Å². The van der Waals surface area contributed by atoms with Crippen molar-refractivity contribution in [2.24, 2.45) is 5.10 Å². The number of rotatable bonds is 5. The highest BCUT2D eigenvalue weighted by Crippen LogP contribution is 2.29. The SMILES string of the molecule is C(=N\Nc1ncnc2sc(Cc3ccccc3)cc12)/c1nccs1. The van der Waals surface area contributed by atoms with Crippen LogP contribution in [0.4, 0.5) is 5.82 Å². The number of hydrogen-bond donors (Lipinski definition) is 1. The molecule has 7 heteroatoms. The summed E-state index contributed by atoms with van der Waals surface area (Å²) in [4.78, 5) is 15.0. The summed E-state index contributed by atoms with van der Waals surface area (Å²) in [6.45, 7) is 0. The maximum absolute atomic E-state index is 4.37. The Bertz CT molecular complexity index is 961. The molecule has 0 spiro atoms. The maximum atomic E-state index is 4.37. The Labute approximate surface area is 146 Å². The van der Waals surface area contributed by atoms with E-state index >= 15 is 0 Å². The first kappa shape index (κ1) is 14.9. The third-order valence-electron chi connectivity index (χ3n) is 3.40.